The minimum atomic E-state index is -0.771. The number of benzene rings is 3. The first kappa shape index (κ1) is 27.7. The van der Waals surface area contributed by atoms with Crippen molar-refractivity contribution < 1.29 is 24.2 Å². The van der Waals surface area contributed by atoms with Gasteiger partial charge in [-0.05, 0) is 53.7 Å². The number of rotatable bonds is 12. The van der Waals surface area contributed by atoms with Crippen molar-refractivity contribution in [3.8, 4) is 11.5 Å². The average Bonchev–Trinajstić information content (AvgIpc) is 3.21. The Labute approximate surface area is 230 Å². The number of carbonyl (C=O) groups excluding carboxylic acids is 2. The first-order valence-electron chi connectivity index (χ1n) is 13.2. The maximum atomic E-state index is 13.5. The van der Waals surface area contributed by atoms with Gasteiger partial charge in [-0.2, -0.15) is 0 Å². The molecule has 0 aromatic heterocycles. The molecule has 1 N–H and O–H groups in total. The highest BCUT2D eigenvalue weighted by Crippen LogP contribution is 2.41. The van der Waals surface area contributed by atoms with Crippen LogP contribution in [0.25, 0.3) is 6.08 Å². The summed E-state index contributed by atoms with van der Waals surface area (Å²) >= 11 is 0. The molecule has 4 rings (SSSR count). The molecule has 39 heavy (non-hydrogen) atoms. The van der Waals surface area contributed by atoms with E-state index in [2.05, 4.69) is 13.8 Å². The lowest BCUT2D eigenvalue weighted by Gasteiger charge is -2.27. The summed E-state index contributed by atoms with van der Waals surface area (Å²) in [5.41, 5.74) is 2.61. The molecule has 1 heterocycles. The lowest BCUT2D eigenvalue weighted by Crippen LogP contribution is -2.33. The molecule has 1 amide bonds. The summed E-state index contributed by atoms with van der Waals surface area (Å²) in [5, 5.41) is 11.0. The number of amides is 1. The number of aliphatic hydroxyl groups excluding tert-OH is 1. The number of carbonyl (C=O) groups is 2. The van der Waals surface area contributed by atoms with Gasteiger partial charge in [-0.1, -0.05) is 86.7 Å². The SMILES string of the molecule is COc1cc(C2C(C(=O)C=Cc3ccccc3)=C(O)C(=O)N2CCc2ccccc2)ccc1OCCC(C)C. The fourth-order valence-electron chi connectivity index (χ4n) is 4.58. The second-order valence-corrected chi connectivity index (χ2v) is 9.95. The van der Waals surface area contributed by atoms with Crippen LogP contribution in [0.5, 0.6) is 11.5 Å². The quantitative estimate of drug-likeness (QED) is 0.279. The van der Waals surface area contributed by atoms with E-state index in [1.807, 2.05) is 66.7 Å². The maximum absolute atomic E-state index is 13.5. The van der Waals surface area contributed by atoms with Crippen molar-refractivity contribution >= 4 is 17.8 Å². The number of hydrogen-bond acceptors (Lipinski definition) is 5. The number of aliphatic hydroxyl groups is 1. The third kappa shape index (κ3) is 6.77. The monoisotopic (exact) mass is 525 g/mol. The van der Waals surface area contributed by atoms with Crippen molar-refractivity contribution in [3.63, 3.8) is 0 Å². The van der Waals surface area contributed by atoms with E-state index < -0.39 is 23.5 Å². The van der Waals surface area contributed by atoms with E-state index in [4.69, 9.17) is 9.47 Å². The van der Waals surface area contributed by atoms with Crippen LogP contribution >= 0.6 is 0 Å². The summed E-state index contributed by atoms with van der Waals surface area (Å²) in [6, 6.07) is 23.9. The Morgan fingerprint density at radius 2 is 1.69 bits per heavy atom. The lowest BCUT2D eigenvalue weighted by atomic mass is 9.95. The summed E-state index contributed by atoms with van der Waals surface area (Å²) in [6.45, 7) is 5.14. The number of allylic oxidation sites excluding steroid dienone is 1. The molecule has 0 spiro atoms. The van der Waals surface area contributed by atoms with Crippen LogP contribution in [0.1, 0.15) is 43.0 Å². The molecular formula is C33H35NO5. The highest BCUT2D eigenvalue weighted by molar-refractivity contribution is 6.14. The van der Waals surface area contributed by atoms with Gasteiger partial charge in [-0.3, -0.25) is 9.59 Å². The lowest BCUT2D eigenvalue weighted by molar-refractivity contribution is -0.129. The zero-order valence-corrected chi connectivity index (χ0v) is 22.7. The van der Waals surface area contributed by atoms with Crippen LogP contribution in [0.15, 0.2) is 96.3 Å². The van der Waals surface area contributed by atoms with E-state index in [1.54, 1.807) is 30.2 Å². The molecular weight excluding hydrogens is 490 g/mol. The highest BCUT2D eigenvalue weighted by atomic mass is 16.5. The van der Waals surface area contributed by atoms with Crippen molar-refractivity contribution in [1.82, 2.24) is 4.90 Å². The summed E-state index contributed by atoms with van der Waals surface area (Å²) in [5.74, 6) is 0.0872. The summed E-state index contributed by atoms with van der Waals surface area (Å²) in [7, 11) is 1.56. The van der Waals surface area contributed by atoms with Gasteiger partial charge in [0, 0.05) is 6.54 Å². The molecule has 202 valence electrons. The zero-order chi connectivity index (χ0) is 27.8. The van der Waals surface area contributed by atoms with Crippen LogP contribution in [0.4, 0.5) is 0 Å². The van der Waals surface area contributed by atoms with Gasteiger partial charge in [-0.25, -0.2) is 0 Å². The molecule has 3 aromatic carbocycles. The smallest absolute Gasteiger partial charge is 0.290 e. The molecule has 0 saturated carbocycles. The molecule has 3 aromatic rings. The molecule has 6 nitrogen and oxygen atoms in total. The first-order valence-corrected chi connectivity index (χ1v) is 13.2. The van der Waals surface area contributed by atoms with Gasteiger partial charge in [-0.15, -0.1) is 0 Å². The van der Waals surface area contributed by atoms with Crippen LogP contribution in [-0.2, 0) is 16.0 Å². The van der Waals surface area contributed by atoms with Crippen LogP contribution in [0.2, 0.25) is 0 Å². The topological polar surface area (TPSA) is 76.1 Å². The Hall–Kier alpha value is -4.32. The predicted molar refractivity (Wildman–Crippen MR) is 153 cm³/mol. The van der Waals surface area contributed by atoms with E-state index in [-0.39, 0.29) is 5.57 Å². The largest absolute Gasteiger partial charge is 0.503 e. The number of hydrogen-bond donors (Lipinski definition) is 1. The van der Waals surface area contributed by atoms with Crippen LogP contribution in [0, 0.1) is 5.92 Å². The van der Waals surface area contributed by atoms with E-state index in [1.165, 1.54) is 6.08 Å². The van der Waals surface area contributed by atoms with Crippen LogP contribution in [0.3, 0.4) is 0 Å². The summed E-state index contributed by atoms with van der Waals surface area (Å²) in [4.78, 5) is 28.3. The third-order valence-corrected chi connectivity index (χ3v) is 6.74. The van der Waals surface area contributed by atoms with Crippen molar-refractivity contribution in [2.75, 3.05) is 20.3 Å². The minimum Gasteiger partial charge on any atom is -0.503 e. The van der Waals surface area contributed by atoms with Gasteiger partial charge in [0.2, 0.25) is 0 Å². The van der Waals surface area contributed by atoms with Gasteiger partial charge < -0.3 is 19.5 Å². The molecule has 1 unspecified atom stereocenters. The normalized spacial score (nSPS) is 15.4. The number of ether oxygens (including phenoxy) is 2. The average molecular weight is 526 g/mol. The van der Waals surface area contributed by atoms with E-state index >= 15 is 0 Å². The molecule has 0 fully saturated rings. The Morgan fingerprint density at radius 1 is 1.00 bits per heavy atom. The molecule has 1 aliphatic rings. The van der Waals surface area contributed by atoms with Gasteiger partial charge >= 0.3 is 0 Å². The second-order valence-electron chi connectivity index (χ2n) is 9.95. The van der Waals surface area contributed by atoms with Crippen molar-refractivity contribution in [2.24, 2.45) is 5.92 Å². The van der Waals surface area contributed by atoms with Gasteiger partial charge in [0.1, 0.15) is 0 Å². The van der Waals surface area contributed by atoms with E-state index in [0.29, 0.717) is 42.6 Å². The number of ketones is 1. The van der Waals surface area contributed by atoms with E-state index in [0.717, 1.165) is 17.5 Å². The molecule has 1 atom stereocenters. The zero-order valence-electron chi connectivity index (χ0n) is 22.7. The molecule has 0 bridgehead atoms. The minimum absolute atomic E-state index is 0.0516. The van der Waals surface area contributed by atoms with Gasteiger partial charge in [0.15, 0.2) is 23.0 Å². The number of nitrogens with zero attached hydrogens (tertiary/aromatic N) is 1. The van der Waals surface area contributed by atoms with Crippen molar-refractivity contribution in [1.29, 1.82) is 0 Å². The first-order chi connectivity index (χ1) is 18.9. The van der Waals surface area contributed by atoms with Gasteiger partial charge in [0.25, 0.3) is 5.91 Å². The second kappa shape index (κ2) is 13.0. The molecule has 0 saturated heterocycles. The summed E-state index contributed by atoms with van der Waals surface area (Å²) in [6.07, 6.45) is 4.56. The van der Waals surface area contributed by atoms with Crippen LogP contribution in [-0.4, -0.2) is 42.0 Å². The maximum Gasteiger partial charge on any atom is 0.290 e. The van der Waals surface area contributed by atoms with Gasteiger partial charge in [0.05, 0.1) is 25.3 Å². The molecule has 1 aliphatic heterocycles. The van der Waals surface area contributed by atoms with Crippen molar-refractivity contribution in [2.45, 2.75) is 32.7 Å². The molecule has 0 aliphatic carbocycles. The fraction of sp³-hybridized carbons (Fsp3) is 0.273. The molecule has 6 heteroatoms. The van der Waals surface area contributed by atoms with Crippen molar-refractivity contribution in [3.05, 3.63) is 113 Å². The summed E-state index contributed by atoms with van der Waals surface area (Å²) < 4.78 is 11.6. The standard InChI is InChI=1S/C33H35NO5/c1-23(2)19-21-39-28-17-15-26(22-29(28)38-3)31-30(27(35)16-14-24-10-6-4-7-11-24)32(36)33(37)34(31)20-18-25-12-8-5-9-13-25/h4-17,22-23,31,36H,18-21H2,1-3H3. The predicted octanol–water partition coefficient (Wildman–Crippen LogP) is 6.34. The third-order valence-electron chi connectivity index (χ3n) is 6.74. The molecule has 0 radical (unpaired) electrons. The fourth-order valence-corrected chi connectivity index (χ4v) is 4.58. The van der Waals surface area contributed by atoms with Crippen LogP contribution < -0.4 is 9.47 Å². The Balaban J connectivity index is 1.68. The highest BCUT2D eigenvalue weighted by Gasteiger charge is 2.43. The Morgan fingerprint density at radius 3 is 2.36 bits per heavy atom. The Kier molecular flexibility index (Phi) is 9.21. The number of methoxy groups -OCH3 is 1. The Bertz CT molecular complexity index is 1350. The van der Waals surface area contributed by atoms with E-state index in [9.17, 15) is 14.7 Å².